The number of fused-ring (bicyclic) bond motifs is 1. The SMILES string of the molecule is Cn1ncc(NC(O)c2csc(-n3cc4c(n3)CCCC4)n2)c1[C@@H]1CC[C@@H](N)[C@H](F)CO1. The fourth-order valence-electron chi connectivity index (χ4n) is 4.39. The van der Waals surface area contributed by atoms with Gasteiger partial charge in [-0.2, -0.15) is 10.2 Å². The Kier molecular flexibility index (Phi) is 5.97. The molecule has 1 fully saturated rings. The molecular weight excluding hydrogens is 433 g/mol. The summed E-state index contributed by atoms with van der Waals surface area (Å²) in [6, 6.07) is -0.531. The van der Waals surface area contributed by atoms with E-state index in [9.17, 15) is 9.50 Å². The maximum atomic E-state index is 14.0. The van der Waals surface area contributed by atoms with Gasteiger partial charge in [-0.1, -0.05) is 0 Å². The summed E-state index contributed by atoms with van der Waals surface area (Å²) in [7, 11) is 1.80. The molecule has 32 heavy (non-hydrogen) atoms. The summed E-state index contributed by atoms with van der Waals surface area (Å²) in [5, 5.41) is 25.4. The fraction of sp³-hybridized carbons (Fsp3) is 0.571. The molecule has 0 bridgehead atoms. The summed E-state index contributed by atoms with van der Waals surface area (Å²) in [5.74, 6) is 0. The molecule has 3 aromatic rings. The Labute approximate surface area is 189 Å². The molecule has 0 radical (unpaired) electrons. The third-order valence-electron chi connectivity index (χ3n) is 6.24. The summed E-state index contributed by atoms with van der Waals surface area (Å²) < 4.78 is 23.2. The van der Waals surface area contributed by atoms with E-state index in [-0.39, 0.29) is 12.7 Å². The Balaban J connectivity index is 1.32. The third-order valence-corrected chi connectivity index (χ3v) is 7.09. The highest BCUT2D eigenvalue weighted by Crippen LogP contribution is 2.34. The van der Waals surface area contributed by atoms with Crippen molar-refractivity contribution in [2.75, 3.05) is 11.9 Å². The van der Waals surface area contributed by atoms with Crippen LogP contribution < -0.4 is 11.1 Å². The van der Waals surface area contributed by atoms with Crippen LogP contribution in [0.4, 0.5) is 10.1 Å². The highest BCUT2D eigenvalue weighted by Gasteiger charge is 2.30. The predicted molar refractivity (Wildman–Crippen MR) is 118 cm³/mol. The van der Waals surface area contributed by atoms with E-state index in [0.29, 0.717) is 24.2 Å². The molecule has 4 N–H and O–H groups in total. The minimum Gasteiger partial charge on any atom is -0.369 e. The van der Waals surface area contributed by atoms with Crippen molar-refractivity contribution in [3.05, 3.63) is 40.4 Å². The number of alkyl halides is 1. The quantitative estimate of drug-likeness (QED) is 0.500. The predicted octanol–water partition coefficient (Wildman–Crippen LogP) is 2.56. The smallest absolute Gasteiger partial charge is 0.210 e. The molecule has 4 atom stereocenters. The van der Waals surface area contributed by atoms with Gasteiger partial charge in [-0.25, -0.2) is 14.1 Å². The molecule has 1 aliphatic heterocycles. The topological polar surface area (TPSA) is 116 Å². The zero-order valence-electron chi connectivity index (χ0n) is 17.9. The number of aryl methyl sites for hydroxylation is 3. The first-order chi connectivity index (χ1) is 15.5. The van der Waals surface area contributed by atoms with Crippen molar-refractivity contribution in [3.8, 4) is 5.13 Å². The average molecular weight is 462 g/mol. The summed E-state index contributed by atoms with van der Waals surface area (Å²) in [6.07, 6.45) is 6.63. The Morgan fingerprint density at radius 3 is 3.03 bits per heavy atom. The second-order valence-corrected chi connectivity index (χ2v) is 9.34. The van der Waals surface area contributed by atoms with Gasteiger partial charge in [-0.15, -0.1) is 11.3 Å². The Morgan fingerprint density at radius 2 is 2.19 bits per heavy atom. The molecule has 0 aromatic carbocycles. The number of aromatic nitrogens is 5. The third kappa shape index (κ3) is 4.17. The molecule has 0 saturated carbocycles. The number of aliphatic hydroxyl groups is 1. The van der Waals surface area contributed by atoms with E-state index in [1.165, 1.54) is 29.7 Å². The van der Waals surface area contributed by atoms with Gasteiger partial charge in [0.05, 0.1) is 29.9 Å². The van der Waals surface area contributed by atoms with Gasteiger partial charge in [0.25, 0.3) is 0 Å². The van der Waals surface area contributed by atoms with E-state index >= 15 is 0 Å². The number of nitrogens with zero attached hydrogens (tertiary/aromatic N) is 5. The van der Waals surface area contributed by atoms with E-state index in [1.54, 1.807) is 17.9 Å². The zero-order chi connectivity index (χ0) is 22.2. The lowest BCUT2D eigenvalue weighted by Crippen LogP contribution is -2.32. The van der Waals surface area contributed by atoms with Gasteiger partial charge >= 0.3 is 0 Å². The van der Waals surface area contributed by atoms with E-state index in [4.69, 9.17) is 10.5 Å². The number of hydrogen-bond donors (Lipinski definition) is 3. The summed E-state index contributed by atoms with van der Waals surface area (Å²) in [4.78, 5) is 4.59. The van der Waals surface area contributed by atoms with Crippen molar-refractivity contribution in [2.24, 2.45) is 12.8 Å². The van der Waals surface area contributed by atoms with Gasteiger partial charge < -0.3 is 20.9 Å². The second-order valence-electron chi connectivity index (χ2n) is 8.50. The van der Waals surface area contributed by atoms with Crippen LogP contribution in [0, 0.1) is 0 Å². The van der Waals surface area contributed by atoms with Crippen molar-refractivity contribution >= 4 is 17.0 Å². The van der Waals surface area contributed by atoms with Crippen LogP contribution in [0.2, 0.25) is 0 Å². The van der Waals surface area contributed by atoms with Crippen molar-refractivity contribution < 1.29 is 14.2 Å². The molecule has 5 rings (SSSR count). The number of halogens is 1. The molecule has 3 aromatic heterocycles. The molecule has 9 nitrogen and oxygen atoms in total. The monoisotopic (exact) mass is 461 g/mol. The normalized spacial score (nSPS) is 24.7. The number of rotatable bonds is 5. The van der Waals surface area contributed by atoms with Gasteiger partial charge in [-0.05, 0) is 44.1 Å². The summed E-state index contributed by atoms with van der Waals surface area (Å²) in [5.41, 5.74) is 10.2. The molecule has 1 saturated heterocycles. The molecule has 1 aliphatic carbocycles. The highest BCUT2D eigenvalue weighted by atomic mass is 32.1. The molecule has 2 aliphatic rings. The van der Waals surface area contributed by atoms with Crippen LogP contribution in [0.25, 0.3) is 5.13 Å². The van der Waals surface area contributed by atoms with Crippen LogP contribution in [0.15, 0.2) is 17.8 Å². The highest BCUT2D eigenvalue weighted by molar-refractivity contribution is 7.12. The van der Waals surface area contributed by atoms with Crippen molar-refractivity contribution in [1.29, 1.82) is 0 Å². The van der Waals surface area contributed by atoms with Gasteiger partial charge in [0.1, 0.15) is 18.0 Å². The van der Waals surface area contributed by atoms with E-state index in [1.807, 2.05) is 16.3 Å². The van der Waals surface area contributed by atoms with Gasteiger partial charge in [0.2, 0.25) is 5.13 Å². The second kappa shape index (κ2) is 8.89. The van der Waals surface area contributed by atoms with Crippen LogP contribution >= 0.6 is 11.3 Å². The molecule has 1 unspecified atom stereocenters. The lowest BCUT2D eigenvalue weighted by atomic mass is 9.99. The first-order valence-electron chi connectivity index (χ1n) is 11.0. The summed E-state index contributed by atoms with van der Waals surface area (Å²) >= 11 is 1.43. The van der Waals surface area contributed by atoms with E-state index < -0.39 is 18.4 Å². The van der Waals surface area contributed by atoms with E-state index in [2.05, 4.69) is 20.5 Å². The minimum absolute atomic E-state index is 0.0533. The average Bonchev–Trinajstić information content (AvgIpc) is 3.49. The van der Waals surface area contributed by atoms with Gasteiger partial charge in [0, 0.05) is 24.7 Å². The maximum absolute atomic E-state index is 14.0. The summed E-state index contributed by atoms with van der Waals surface area (Å²) in [6.45, 7) is -0.0533. The number of anilines is 1. The number of nitrogens with one attached hydrogen (secondary N) is 1. The number of ether oxygens (including phenoxy) is 1. The first kappa shape index (κ1) is 21.5. The van der Waals surface area contributed by atoms with Crippen LogP contribution in [-0.2, 0) is 24.6 Å². The Morgan fingerprint density at radius 1 is 1.34 bits per heavy atom. The number of aliphatic hydroxyl groups excluding tert-OH is 1. The first-order valence-corrected chi connectivity index (χ1v) is 11.9. The molecular formula is C21H28FN7O2S. The molecule has 0 amide bonds. The fourth-order valence-corrected chi connectivity index (χ4v) is 5.16. The molecule has 0 spiro atoms. The lowest BCUT2D eigenvalue weighted by Gasteiger charge is -2.19. The van der Waals surface area contributed by atoms with Crippen LogP contribution in [0.1, 0.15) is 60.7 Å². The van der Waals surface area contributed by atoms with Crippen molar-refractivity contribution in [2.45, 2.75) is 63.1 Å². The minimum atomic E-state index is -1.18. The van der Waals surface area contributed by atoms with Crippen LogP contribution in [0.3, 0.4) is 0 Å². The standard InChI is InChI=1S/C21H28FN7O2S/c1-28-19(18-7-6-14(23)13(22)10-31-18)16(8-24-28)25-20(30)17-11-32-21(26-17)29-9-12-4-2-3-5-15(12)27-29/h8-9,11,13-14,18,20,25,30H,2-7,10,23H2,1H3/t13-,14-,18+,20?/m1/s1. The van der Waals surface area contributed by atoms with Crippen molar-refractivity contribution in [1.82, 2.24) is 24.5 Å². The van der Waals surface area contributed by atoms with Crippen LogP contribution in [0.5, 0.6) is 0 Å². The largest absolute Gasteiger partial charge is 0.369 e. The van der Waals surface area contributed by atoms with Crippen molar-refractivity contribution in [3.63, 3.8) is 0 Å². The number of hydrogen-bond acceptors (Lipinski definition) is 8. The lowest BCUT2D eigenvalue weighted by molar-refractivity contribution is 0.0246. The zero-order valence-corrected chi connectivity index (χ0v) is 18.8. The van der Waals surface area contributed by atoms with Gasteiger partial charge in [-0.3, -0.25) is 4.68 Å². The maximum Gasteiger partial charge on any atom is 0.210 e. The number of thiazole rings is 1. The van der Waals surface area contributed by atoms with Crippen LogP contribution in [-0.4, -0.2) is 48.5 Å². The molecule has 11 heteroatoms. The van der Waals surface area contributed by atoms with E-state index in [0.717, 1.165) is 29.4 Å². The molecule has 172 valence electrons. The molecule has 4 heterocycles. The number of nitrogens with two attached hydrogens (primary N) is 1. The Hall–Kier alpha value is -2.34. The Bertz CT molecular complexity index is 1040. The van der Waals surface area contributed by atoms with Gasteiger partial charge in [0.15, 0.2) is 6.23 Å².